The molecule has 0 spiro atoms. The van der Waals surface area contributed by atoms with Gasteiger partial charge in [0.15, 0.2) is 0 Å². The zero-order chi connectivity index (χ0) is 9.26. The lowest BCUT2D eigenvalue weighted by Gasteiger charge is -1.87. The van der Waals surface area contributed by atoms with Gasteiger partial charge in [0.1, 0.15) is 0 Å². The number of hydrogen-bond donors (Lipinski definition) is 0. The molecule has 0 saturated heterocycles. The van der Waals surface area contributed by atoms with Crippen LogP contribution in [0.15, 0.2) is 23.0 Å². The smallest absolute Gasteiger partial charge is 0.240 e. The highest BCUT2D eigenvalue weighted by Crippen LogP contribution is 2.07. The Morgan fingerprint density at radius 2 is 2.08 bits per heavy atom. The Labute approximate surface area is 69.9 Å². The Kier molecular flexibility index (Phi) is 1.30. The van der Waals surface area contributed by atoms with E-state index in [4.69, 9.17) is 5.89 Å². The van der Waals surface area contributed by atoms with Crippen LogP contribution in [0.1, 0.15) is 7.26 Å². The second-order valence-corrected chi connectivity index (χ2v) is 2.14. The lowest BCUT2D eigenvalue weighted by Crippen LogP contribution is -1.88. The van der Waals surface area contributed by atoms with Crippen molar-refractivity contribution in [3.8, 4) is 11.6 Å². The van der Waals surface area contributed by atoms with Crippen LogP contribution >= 0.6 is 0 Å². The molecule has 2 aromatic rings. The third-order valence-electron chi connectivity index (χ3n) is 1.25. The second kappa shape index (κ2) is 2.69. The molecule has 0 aliphatic carbocycles. The molecular weight excluding hydrogens is 156 g/mol. The zero-order valence-corrected chi connectivity index (χ0v) is 6.35. The van der Waals surface area contributed by atoms with Gasteiger partial charge in [0.2, 0.25) is 17.5 Å². The van der Waals surface area contributed by atoms with Crippen molar-refractivity contribution in [2.75, 3.05) is 0 Å². The van der Waals surface area contributed by atoms with Crippen LogP contribution in [-0.4, -0.2) is 20.1 Å². The molecule has 0 aliphatic heterocycles. The van der Waals surface area contributed by atoms with Crippen molar-refractivity contribution >= 4 is 0 Å². The average molecular weight is 163 g/mol. The van der Waals surface area contributed by atoms with Gasteiger partial charge in [-0.05, 0) is 6.04 Å². The van der Waals surface area contributed by atoms with E-state index in [1.807, 2.05) is 0 Å². The Morgan fingerprint density at radius 3 is 2.67 bits per heavy atom. The SMILES string of the molecule is [2H]c1cnc(-c2noc(C)n2)nc1. The summed E-state index contributed by atoms with van der Waals surface area (Å²) in [5, 5.41) is 3.64. The predicted molar refractivity (Wildman–Crippen MR) is 40.1 cm³/mol. The first-order valence-corrected chi connectivity index (χ1v) is 3.35. The van der Waals surface area contributed by atoms with E-state index in [0.717, 1.165) is 0 Å². The van der Waals surface area contributed by atoms with Gasteiger partial charge in [-0.25, -0.2) is 9.97 Å². The van der Waals surface area contributed by atoms with E-state index in [-0.39, 0.29) is 6.04 Å². The van der Waals surface area contributed by atoms with Crippen LogP contribution in [0.4, 0.5) is 0 Å². The van der Waals surface area contributed by atoms with Gasteiger partial charge in [-0.15, -0.1) is 0 Å². The van der Waals surface area contributed by atoms with Crippen LogP contribution in [0.2, 0.25) is 0 Å². The normalized spacial score (nSPS) is 11.2. The molecule has 5 heteroatoms. The highest BCUT2D eigenvalue weighted by atomic mass is 16.5. The van der Waals surface area contributed by atoms with Crippen molar-refractivity contribution in [3.05, 3.63) is 24.3 Å². The summed E-state index contributed by atoms with van der Waals surface area (Å²) in [4.78, 5) is 11.7. The predicted octanol–water partition coefficient (Wildman–Crippen LogP) is 0.835. The summed E-state index contributed by atoms with van der Waals surface area (Å²) in [6, 6.07) is 0.254. The highest BCUT2D eigenvalue weighted by Gasteiger charge is 2.06. The van der Waals surface area contributed by atoms with Gasteiger partial charge in [0.25, 0.3) is 0 Å². The molecule has 2 aromatic heterocycles. The molecule has 0 radical (unpaired) electrons. The third kappa shape index (κ3) is 1.16. The molecule has 2 heterocycles. The number of hydrogen-bond acceptors (Lipinski definition) is 5. The molecule has 0 unspecified atom stereocenters. The number of nitrogens with zero attached hydrogens (tertiary/aromatic N) is 4. The quantitative estimate of drug-likeness (QED) is 0.623. The minimum absolute atomic E-state index is 0.254. The van der Waals surface area contributed by atoms with Crippen molar-refractivity contribution in [3.63, 3.8) is 0 Å². The number of aryl methyl sites for hydroxylation is 1. The summed E-state index contributed by atoms with van der Waals surface area (Å²) in [7, 11) is 0. The van der Waals surface area contributed by atoms with E-state index < -0.39 is 0 Å². The molecule has 0 fully saturated rings. The van der Waals surface area contributed by atoms with Gasteiger partial charge >= 0.3 is 0 Å². The first kappa shape index (κ1) is 5.82. The summed E-state index contributed by atoms with van der Waals surface area (Å²) >= 11 is 0. The maximum Gasteiger partial charge on any atom is 0.240 e. The summed E-state index contributed by atoms with van der Waals surface area (Å²) in [6.07, 6.45) is 2.77. The van der Waals surface area contributed by atoms with Gasteiger partial charge < -0.3 is 4.52 Å². The van der Waals surface area contributed by atoms with Gasteiger partial charge in [-0.3, -0.25) is 0 Å². The molecule has 0 saturated carbocycles. The molecule has 2 rings (SSSR count). The molecule has 0 aliphatic rings. The van der Waals surface area contributed by atoms with Crippen LogP contribution in [0.5, 0.6) is 0 Å². The van der Waals surface area contributed by atoms with Crippen molar-refractivity contribution in [1.29, 1.82) is 0 Å². The molecule has 12 heavy (non-hydrogen) atoms. The minimum Gasteiger partial charge on any atom is -0.339 e. The number of aromatic nitrogens is 4. The van der Waals surface area contributed by atoms with E-state index in [2.05, 4.69) is 20.1 Å². The van der Waals surface area contributed by atoms with E-state index in [1.54, 1.807) is 6.92 Å². The first-order valence-electron chi connectivity index (χ1n) is 3.85. The van der Waals surface area contributed by atoms with E-state index in [1.165, 1.54) is 12.4 Å². The topological polar surface area (TPSA) is 64.7 Å². The Morgan fingerprint density at radius 1 is 1.33 bits per heavy atom. The molecule has 0 N–H and O–H groups in total. The molecule has 5 nitrogen and oxygen atoms in total. The molecule has 0 atom stereocenters. The average Bonchev–Trinajstić information content (AvgIpc) is 2.53. The molecule has 0 bridgehead atoms. The van der Waals surface area contributed by atoms with Gasteiger partial charge in [-0.1, -0.05) is 5.16 Å². The standard InChI is InChI=1S/C7H6N4O/c1-5-10-7(11-12-5)6-8-3-2-4-9-6/h2-4H,1H3/i2D. The van der Waals surface area contributed by atoms with E-state index >= 15 is 0 Å². The molecule has 0 amide bonds. The molecule has 0 aromatic carbocycles. The third-order valence-corrected chi connectivity index (χ3v) is 1.25. The second-order valence-electron chi connectivity index (χ2n) is 2.14. The molecule has 60 valence electrons. The zero-order valence-electron chi connectivity index (χ0n) is 7.35. The maximum absolute atomic E-state index is 7.17. The largest absolute Gasteiger partial charge is 0.339 e. The van der Waals surface area contributed by atoms with Crippen LogP contribution in [0.25, 0.3) is 11.6 Å². The van der Waals surface area contributed by atoms with Crippen molar-refractivity contribution in [1.82, 2.24) is 20.1 Å². The van der Waals surface area contributed by atoms with Crippen LogP contribution in [-0.2, 0) is 0 Å². The van der Waals surface area contributed by atoms with Gasteiger partial charge in [0, 0.05) is 19.3 Å². The highest BCUT2D eigenvalue weighted by molar-refractivity contribution is 5.39. The van der Waals surface area contributed by atoms with Gasteiger partial charge in [-0.2, -0.15) is 4.98 Å². The fourth-order valence-corrected chi connectivity index (χ4v) is 0.769. The lowest BCUT2D eigenvalue weighted by atomic mass is 10.5. The summed E-state index contributed by atoms with van der Waals surface area (Å²) in [5.74, 6) is 1.18. The lowest BCUT2D eigenvalue weighted by molar-refractivity contribution is 0.394. The monoisotopic (exact) mass is 163 g/mol. The Hall–Kier alpha value is -1.78. The van der Waals surface area contributed by atoms with E-state index in [0.29, 0.717) is 17.5 Å². The minimum atomic E-state index is 0.254. The fourth-order valence-electron chi connectivity index (χ4n) is 0.769. The Balaban J connectivity index is 2.41. The Bertz CT molecular complexity index is 411. The molecular formula is C7H6N4O. The number of rotatable bonds is 1. The van der Waals surface area contributed by atoms with Crippen molar-refractivity contribution in [2.45, 2.75) is 6.92 Å². The van der Waals surface area contributed by atoms with Crippen molar-refractivity contribution in [2.24, 2.45) is 0 Å². The van der Waals surface area contributed by atoms with Crippen LogP contribution in [0, 0.1) is 6.92 Å². The van der Waals surface area contributed by atoms with Gasteiger partial charge in [0.05, 0.1) is 1.37 Å². The van der Waals surface area contributed by atoms with Crippen molar-refractivity contribution < 1.29 is 5.89 Å². The van der Waals surface area contributed by atoms with Crippen LogP contribution < -0.4 is 0 Å². The fraction of sp³-hybridized carbons (Fsp3) is 0.143. The van der Waals surface area contributed by atoms with Crippen LogP contribution in [0.3, 0.4) is 0 Å². The van der Waals surface area contributed by atoms with E-state index in [9.17, 15) is 0 Å². The summed E-state index contributed by atoms with van der Waals surface area (Å²) < 4.78 is 11.9. The first-order chi connectivity index (χ1) is 6.25. The maximum atomic E-state index is 7.17. The summed E-state index contributed by atoms with van der Waals surface area (Å²) in [5.41, 5.74) is 0. The summed E-state index contributed by atoms with van der Waals surface area (Å²) in [6.45, 7) is 1.69.